The molecule has 0 aliphatic carbocycles. The fourth-order valence-corrected chi connectivity index (χ4v) is 1.63. The first-order valence-electron chi connectivity index (χ1n) is 4.84. The summed E-state index contributed by atoms with van der Waals surface area (Å²) in [6.07, 6.45) is -0.421. The third kappa shape index (κ3) is 1.55. The van der Waals surface area contributed by atoms with Crippen molar-refractivity contribution in [3.63, 3.8) is 0 Å². The zero-order valence-corrected chi connectivity index (χ0v) is 8.53. The van der Waals surface area contributed by atoms with Crippen LogP contribution >= 0.6 is 0 Å². The van der Waals surface area contributed by atoms with Gasteiger partial charge in [-0.1, -0.05) is 6.07 Å². The number of rotatable bonds is 1. The number of anilines is 1. The van der Waals surface area contributed by atoms with Crippen LogP contribution in [-0.2, 0) is 0 Å². The number of likely N-dealkylation sites (N-methyl/N-ethyl adjacent to an activating group) is 1. The van der Waals surface area contributed by atoms with Gasteiger partial charge in [0, 0.05) is 7.05 Å². The number of benzene rings is 1. The Labute approximate surface area is 83.9 Å². The monoisotopic (exact) mass is 193 g/mol. The second-order valence-electron chi connectivity index (χ2n) is 3.67. The zero-order valence-electron chi connectivity index (χ0n) is 8.53. The molecule has 1 aromatic carbocycles. The Balaban J connectivity index is 2.41. The highest BCUT2D eigenvalue weighted by Gasteiger charge is 2.15. The molecule has 1 heterocycles. The van der Waals surface area contributed by atoms with E-state index in [1.165, 1.54) is 0 Å². The summed E-state index contributed by atoms with van der Waals surface area (Å²) in [5, 5.41) is 9.45. The van der Waals surface area contributed by atoms with Crippen LogP contribution in [0.1, 0.15) is 18.6 Å². The summed E-state index contributed by atoms with van der Waals surface area (Å²) in [5.74, 6) is 0.906. The van der Waals surface area contributed by atoms with Gasteiger partial charge in [0.15, 0.2) is 0 Å². The molecule has 1 aliphatic heterocycles. The van der Waals surface area contributed by atoms with Gasteiger partial charge in [0.05, 0.1) is 18.3 Å². The molecule has 0 aromatic heterocycles. The average molecular weight is 193 g/mol. The molecule has 14 heavy (non-hydrogen) atoms. The van der Waals surface area contributed by atoms with Crippen molar-refractivity contribution in [1.29, 1.82) is 0 Å². The largest absolute Gasteiger partial charge is 0.490 e. The summed E-state index contributed by atoms with van der Waals surface area (Å²) in [6.45, 7) is 3.40. The predicted molar refractivity (Wildman–Crippen MR) is 55.8 cm³/mol. The summed E-state index contributed by atoms with van der Waals surface area (Å²) in [6, 6.07) is 5.81. The van der Waals surface area contributed by atoms with Crippen molar-refractivity contribution in [1.82, 2.24) is 0 Å². The summed E-state index contributed by atoms with van der Waals surface area (Å²) >= 11 is 0. The fraction of sp³-hybridized carbons (Fsp3) is 0.455. The van der Waals surface area contributed by atoms with Gasteiger partial charge in [0.25, 0.3) is 0 Å². The third-order valence-electron chi connectivity index (χ3n) is 2.56. The molecule has 1 atom stereocenters. The normalized spacial score (nSPS) is 17.2. The van der Waals surface area contributed by atoms with Gasteiger partial charge in [-0.15, -0.1) is 0 Å². The van der Waals surface area contributed by atoms with Crippen LogP contribution in [0, 0.1) is 0 Å². The van der Waals surface area contributed by atoms with Gasteiger partial charge in [-0.3, -0.25) is 0 Å². The van der Waals surface area contributed by atoms with Crippen molar-refractivity contribution < 1.29 is 9.84 Å². The van der Waals surface area contributed by atoms with E-state index in [9.17, 15) is 5.11 Å². The highest BCUT2D eigenvalue weighted by molar-refractivity contribution is 5.61. The van der Waals surface area contributed by atoms with Crippen LogP contribution in [0.3, 0.4) is 0 Å². The second-order valence-corrected chi connectivity index (χ2v) is 3.67. The molecule has 0 radical (unpaired) electrons. The van der Waals surface area contributed by atoms with Crippen LogP contribution in [0.25, 0.3) is 0 Å². The Bertz CT molecular complexity index is 336. The van der Waals surface area contributed by atoms with Gasteiger partial charge < -0.3 is 14.7 Å². The molecule has 3 nitrogen and oxygen atoms in total. The van der Waals surface area contributed by atoms with E-state index in [-0.39, 0.29) is 0 Å². The van der Waals surface area contributed by atoms with Crippen LogP contribution in [0.15, 0.2) is 18.2 Å². The summed E-state index contributed by atoms with van der Waals surface area (Å²) < 4.78 is 5.51. The van der Waals surface area contributed by atoms with Gasteiger partial charge in [0.2, 0.25) is 0 Å². The SMILES string of the molecule is C[C@H](O)c1ccc2c(c1)N(C)CCO2. The Kier molecular flexibility index (Phi) is 2.33. The van der Waals surface area contributed by atoms with Crippen LogP contribution < -0.4 is 9.64 Å². The van der Waals surface area contributed by atoms with Crippen LogP contribution in [0.2, 0.25) is 0 Å². The molecule has 0 spiro atoms. The van der Waals surface area contributed by atoms with Crippen molar-refractivity contribution >= 4 is 5.69 Å². The molecule has 76 valence electrons. The first-order valence-corrected chi connectivity index (χ1v) is 4.84. The first kappa shape index (κ1) is 9.34. The van der Waals surface area contributed by atoms with E-state index in [4.69, 9.17) is 4.74 Å². The molecular formula is C11H15NO2. The van der Waals surface area contributed by atoms with Gasteiger partial charge in [-0.2, -0.15) is 0 Å². The molecule has 0 fully saturated rings. The summed E-state index contributed by atoms with van der Waals surface area (Å²) in [5.41, 5.74) is 2.00. The Morgan fingerprint density at radius 2 is 2.29 bits per heavy atom. The van der Waals surface area contributed by atoms with E-state index in [2.05, 4.69) is 4.90 Å². The number of hydrogen-bond donors (Lipinski definition) is 1. The van der Waals surface area contributed by atoms with Gasteiger partial charge >= 0.3 is 0 Å². The number of fused-ring (bicyclic) bond motifs is 1. The standard InChI is InChI=1S/C11H15NO2/c1-8(13)9-3-4-11-10(7-9)12(2)5-6-14-11/h3-4,7-8,13H,5-6H2,1-2H3/t8-/m0/s1. The van der Waals surface area contributed by atoms with E-state index in [0.717, 1.165) is 30.2 Å². The molecule has 0 unspecified atom stereocenters. The van der Waals surface area contributed by atoms with Gasteiger partial charge in [-0.25, -0.2) is 0 Å². The minimum absolute atomic E-state index is 0.421. The Morgan fingerprint density at radius 3 is 3.00 bits per heavy atom. The Hall–Kier alpha value is -1.22. The third-order valence-corrected chi connectivity index (χ3v) is 2.56. The zero-order chi connectivity index (χ0) is 10.1. The first-order chi connectivity index (χ1) is 6.68. The van der Waals surface area contributed by atoms with Gasteiger partial charge in [0.1, 0.15) is 12.4 Å². The quantitative estimate of drug-likeness (QED) is 0.734. The van der Waals surface area contributed by atoms with Crippen molar-refractivity contribution in [2.75, 3.05) is 25.1 Å². The number of ether oxygens (including phenoxy) is 1. The Morgan fingerprint density at radius 1 is 1.50 bits per heavy atom. The van der Waals surface area contributed by atoms with Crippen molar-refractivity contribution in [2.45, 2.75) is 13.0 Å². The molecule has 1 N–H and O–H groups in total. The number of aliphatic hydroxyl groups is 1. The molecule has 0 amide bonds. The highest BCUT2D eigenvalue weighted by atomic mass is 16.5. The van der Waals surface area contributed by atoms with Crippen molar-refractivity contribution in [3.05, 3.63) is 23.8 Å². The molecule has 2 rings (SSSR count). The van der Waals surface area contributed by atoms with Crippen LogP contribution in [0.5, 0.6) is 5.75 Å². The average Bonchev–Trinajstić information content (AvgIpc) is 2.18. The van der Waals surface area contributed by atoms with Crippen molar-refractivity contribution in [2.24, 2.45) is 0 Å². The smallest absolute Gasteiger partial charge is 0.142 e. The molecule has 0 bridgehead atoms. The lowest BCUT2D eigenvalue weighted by Crippen LogP contribution is -2.28. The second kappa shape index (κ2) is 3.50. The van der Waals surface area contributed by atoms with E-state index in [1.807, 2.05) is 25.2 Å². The van der Waals surface area contributed by atoms with Crippen LogP contribution in [0.4, 0.5) is 5.69 Å². The van der Waals surface area contributed by atoms with E-state index in [0.29, 0.717) is 0 Å². The minimum atomic E-state index is -0.421. The lowest BCUT2D eigenvalue weighted by Gasteiger charge is -2.28. The van der Waals surface area contributed by atoms with Crippen LogP contribution in [-0.4, -0.2) is 25.3 Å². The predicted octanol–water partition coefficient (Wildman–Crippen LogP) is 1.57. The number of hydrogen-bond acceptors (Lipinski definition) is 3. The molecule has 1 aliphatic rings. The highest BCUT2D eigenvalue weighted by Crippen LogP contribution is 2.32. The maximum atomic E-state index is 9.45. The van der Waals surface area contributed by atoms with E-state index < -0.39 is 6.10 Å². The fourth-order valence-electron chi connectivity index (χ4n) is 1.63. The summed E-state index contributed by atoms with van der Waals surface area (Å²) in [4.78, 5) is 2.14. The molecule has 0 saturated carbocycles. The van der Waals surface area contributed by atoms with E-state index in [1.54, 1.807) is 6.92 Å². The number of aliphatic hydroxyl groups excluding tert-OH is 1. The molecule has 3 heteroatoms. The lowest BCUT2D eigenvalue weighted by atomic mass is 10.1. The minimum Gasteiger partial charge on any atom is -0.490 e. The maximum Gasteiger partial charge on any atom is 0.142 e. The molecule has 1 aromatic rings. The van der Waals surface area contributed by atoms with E-state index >= 15 is 0 Å². The molecular weight excluding hydrogens is 178 g/mol. The lowest BCUT2D eigenvalue weighted by molar-refractivity contribution is 0.199. The van der Waals surface area contributed by atoms with Crippen molar-refractivity contribution in [3.8, 4) is 5.75 Å². The maximum absolute atomic E-state index is 9.45. The number of nitrogens with zero attached hydrogens (tertiary/aromatic N) is 1. The summed E-state index contributed by atoms with van der Waals surface area (Å²) in [7, 11) is 2.03. The molecule has 0 saturated heterocycles. The topological polar surface area (TPSA) is 32.7 Å². The van der Waals surface area contributed by atoms with Gasteiger partial charge in [-0.05, 0) is 24.6 Å².